The lowest BCUT2D eigenvalue weighted by Crippen LogP contribution is -2.39. The second-order valence-electron chi connectivity index (χ2n) is 7.60. The molecule has 8 heteroatoms. The quantitative estimate of drug-likeness (QED) is 0.567. The van der Waals surface area contributed by atoms with Gasteiger partial charge in [-0.2, -0.15) is 0 Å². The van der Waals surface area contributed by atoms with Crippen LogP contribution in [-0.2, 0) is 4.74 Å². The van der Waals surface area contributed by atoms with Crippen molar-refractivity contribution in [1.29, 1.82) is 0 Å². The SMILES string of the molecule is O=C(/C=C1\Nc2c(OCCN3CCOCC3)cccc2C2=NCCN21)c1cccnc1. The maximum Gasteiger partial charge on any atom is 0.191 e. The first kappa shape index (κ1) is 19.7. The smallest absolute Gasteiger partial charge is 0.191 e. The molecule has 0 unspecified atom stereocenters. The van der Waals surface area contributed by atoms with Gasteiger partial charge in [-0.25, -0.2) is 0 Å². The lowest BCUT2D eigenvalue weighted by Gasteiger charge is -2.32. The molecule has 0 atom stereocenters. The van der Waals surface area contributed by atoms with E-state index in [4.69, 9.17) is 9.47 Å². The summed E-state index contributed by atoms with van der Waals surface area (Å²) in [5, 5.41) is 3.43. The van der Waals surface area contributed by atoms with Gasteiger partial charge < -0.3 is 19.7 Å². The van der Waals surface area contributed by atoms with Crippen molar-refractivity contribution < 1.29 is 14.3 Å². The summed E-state index contributed by atoms with van der Waals surface area (Å²) in [5.74, 6) is 2.25. The van der Waals surface area contributed by atoms with Crippen LogP contribution in [0.1, 0.15) is 15.9 Å². The molecule has 3 aliphatic rings. The van der Waals surface area contributed by atoms with Gasteiger partial charge in [0.1, 0.15) is 24.0 Å². The Morgan fingerprint density at radius 1 is 1.19 bits per heavy atom. The Labute approximate surface area is 181 Å². The number of pyridine rings is 1. The lowest BCUT2D eigenvalue weighted by molar-refractivity contribution is 0.0323. The summed E-state index contributed by atoms with van der Waals surface area (Å²) in [5.41, 5.74) is 2.40. The molecule has 1 aromatic carbocycles. The number of morpholine rings is 1. The minimum Gasteiger partial charge on any atom is -0.490 e. The number of hydrogen-bond donors (Lipinski definition) is 1. The fourth-order valence-corrected chi connectivity index (χ4v) is 4.01. The van der Waals surface area contributed by atoms with Crippen molar-refractivity contribution in [3.8, 4) is 5.75 Å². The van der Waals surface area contributed by atoms with Crippen LogP contribution in [0, 0.1) is 0 Å². The molecule has 160 valence electrons. The third-order valence-electron chi connectivity index (χ3n) is 5.63. The molecule has 4 heterocycles. The number of rotatable bonds is 6. The fourth-order valence-electron chi connectivity index (χ4n) is 4.01. The van der Waals surface area contributed by atoms with E-state index in [0.717, 1.165) is 62.2 Å². The van der Waals surface area contributed by atoms with E-state index in [1.54, 1.807) is 30.6 Å². The average molecular weight is 419 g/mol. The van der Waals surface area contributed by atoms with Crippen LogP contribution in [0.4, 0.5) is 5.69 Å². The minimum absolute atomic E-state index is 0.101. The first-order valence-electron chi connectivity index (χ1n) is 10.6. The van der Waals surface area contributed by atoms with Gasteiger partial charge in [-0.05, 0) is 24.3 Å². The van der Waals surface area contributed by atoms with Gasteiger partial charge in [0.25, 0.3) is 0 Å². The van der Waals surface area contributed by atoms with Crippen molar-refractivity contribution in [2.24, 2.45) is 4.99 Å². The standard InChI is InChI=1S/C23H25N5O3/c29-19(17-3-2-6-24-16-17)15-21-26-22-18(23-25-7-8-28(21)23)4-1-5-20(22)31-14-11-27-9-12-30-13-10-27/h1-6,15-16,26H,7-14H2/b21-15+. The second-order valence-corrected chi connectivity index (χ2v) is 7.60. The summed E-state index contributed by atoms with van der Waals surface area (Å²) in [6, 6.07) is 9.50. The molecule has 0 amide bonds. The predicted octanol–water partition coefficient (Wildman–Crippen LogP) is 2.00. The van der Waals surface area contributed by atoms with Crippen LogP contribution in [0.15, 0.2) is 59.6 Å². The van der Waals surface area contributed by atoms with Crippen LogP contribution in [0.2, 0.25) is 0 Å². The number of para-hydroxylation sites is 1. The number of allylic oxidation sites excluding steroid dienone is 1. The zero-order valence-corrected chi connectivity index (χ0v) is 17.3. The monoisotopic (exact) mass is 419 g/mol. The number of fused-ring (bicyclic) bond motifs is 3. The van der Waals surface area contributed by atoms with E-state index < -0.39 is 0 Å². The topological polar surface area (TPSA) is 79.3 Å². The molecule has 0 radical (unpaired) electrons. The van der Waals surface area contributed by atoms with E-state index in [1.807, 2.05) is 23.1 Å². The predicted molar refractivity (Wildman–Crippen MR) is 118 cm³/mol. The zero-order valence-electron chi connectivity index (χ0n) is 17.3. The number of ether oxygens (including phenoxy) is 2. The van der Waals surface area contributed by atoms with E-state index in [2.05, 4.69) is 20.2 Å². The number of carbonyl (C=O) groups excluding carboxylic acids is 1. The number of aromatic nitrogens is 1. The van der Waals surface area contributed by atoms with Crippen LogP contribution >= 0.6 is 0 Å². The molecule has 1 saturated heterocycles. The molecular formula is C23H25N5O3. The van der Waals surface area contributed by atoms with Crippen molar-refractivity contribution in [1.82, 2.24) is 14.8 Å². The minimum atomic E-state index is -0.101. The Morgan fingerprint density at radius 3 is 2.94 bits per heavy atom. The fraction of sp³-hybridized carbons (Fsp3) is 0.348. The molecule has 0 aliphatic carbocycles. The highest BCUT2D eigenvalue weighted by atomic mass is 16.5. The van der Waals surface area contributed by atoms with E-state index in [1.165, 1.54) is 0 Å². The van der Waals surface area contributed by atoms with Crippen molar-refractivity contribution in [3.63, 3.8) is 0 Å². The summed E-state index contributed by atoms with van der Waals surface area (Å²) in [6.07, 6.45) is 4.85. The Hall–Kier alpha value is -3.23. The average Bonchev–Trinajstić information content (AvgIpc) is 3.31. The summed E-state index contributed by atoms with van der Waals surface area (Å²) >= 11 is 0. The van der Waals surface area contributed by atoms with Crippen LogP contribution in [0.5, 0.6) is 5.75 Å². The molecule has 1 fully saturated rings. The number of nitrogens with zero attached hydrogens (tertiary/aromatic N) is 4. The highest BCUT2D eigenvalue weighted by molar-refractivity contribution is 6.11. The van der Waals surface area contributed by atoms with E-state index in [0.29, 0.717) is 24.5 Å². The molecule has 1 aromatic heterocycles. The van der Waals surface area contributed by atoms with Crippen molar-refractivity contribution >= 4 is 17.3 Å². The lowest BCUT2D eigenvalue weighted by atomic mass is 10.1. The van der Waals surface area contributed by atoms with Gasteiger partial charge in [0.15, 0.2) is 5.78 Å². The molecule has 2 aromatic rings. The van der Waals surface area contributed by atoms with Crippen LogP contribution < -0.4 is 10.1 Å². The van der Waals surface area contributed by atoms with Gasteiger partial charge in [0.2, 0.25) is 0 Å². The van der Waals surface area contributed by atoms with Gasteiger partial charge in [0, 0.05) is 55.8 Å². The molecule has 1 N–H and O–H groups in total. The number of aliphatic imine (C=N–C) groups is 1. The van der Waals surface area contributed by atoms with Crippen molar-refractivity contribution in [2.75, 3.05) is 57.9 Å². The molecule has 0 spiro atoms. The van der Waals surface area contributed by atoms with E-state index in [-0.39, 0.29) is 5.78 Å². The Morgan fingerprint density at radius 2 is 2.10 bits per heavy atom. The number of nitrogens with one attached hydrogen (secondary N) is 1. The molecule has 5 rings (SSSR count). The largest absolute Gasteiger partial charge is 0.490 e. The number of benzene rings is 1. The molecule has 3 aliphatic heterocycles. The van der Waals surface area contributed by atoms with Crippen molar-refractivity contribution in [3.05, 3.63) is 65.7 Å². The summed E-state index contributed by atoms with van der Waals surface area (Å²) in [6.45, 7) is 6.28. The summed E-state index contributed by atoms with van der Waals surface area (Å²) in [4.78, 5) is 25.9. The molecule has 31 heavy (non-hydrogen) atoms. The van der Waals surface area contributed by atoms with Gasteiger partial charge in [0.05, 0.1) is 25.4 Å². The molecule has 0 saturated carbocycles. The molecule has 0 bridgehead atoms. The maximum atomic E-state index is 12.8. The highest BCUT2D eigenvalue weighted by Crippen LogP contribution is 2.37. The summed E-state index contributed by atoms with van der Waals surface area (Å²) < 4.78 is 11.6. The number of hydrogen-bond acceptors (Lipinski definition) is 8. The number of ketones is 1. The second kappa shape index (κ2) is 8.87. The Bertz CT molecular complexity index is 1020. The van der Waals surface area contributed by atoms with Gasteiger partial charge in [-0.1, -0.05) is 6.07 Å². The van der Waals surface area contributed by atoms with E-state index in [9.17, 15) is 4.79 Å². The van der Waals surface area contributed by atoms with Crippen LogP contribution in [0.25, 0.3) is 0 Å². The first-order valence-corrected chi connectivity index (χ1v) is 10.6. The normalized spacial score (nSPS) is 19.4. The van der Waals surface area contributed by atoms with Crippen LogP contribution in [-0.4, -0.2) is 78.9 Å². The maximum absolute atomic E-state index is 12.8. The highest BCUT2D eigenvalue weighted by Gasteiger charge is 2.31. The van der Waals surface area contributed by atoms with E-state index >= 15 is 0 Å². The molecule has 8 nitrogen and oxygen atoms in total. The number of anilines is 1. The third kappa shape index (κ3) is 4.17. The van der Waals surface area contributed by atoms with Gasteiger partial charge in [-0.15, -0.1) is 0 Å². The van der Waals surface area contributed by atoms with Crippen molar-refractivity contribution in [2.45, 2.75) is 0 Å². The number of carbonyl (C=O) groups is 1. The van der Waals surface area contributed by atoms with Crippen LogP contribution in [0.3, 0.4) is 0 Å². The zero-order chi connectivity index (χ0) is 21.0. The number of amidine groups is 1. The third-order valence-corrected chi connectivity index (χ3v) is 5.63. The Kier molecular flexibility index (Phi) is 5.64. The molecular weight excluding hydrogens is 394 g/mol. The first-order chi connectivity index (χ1) is 15.3. The van der Waals surface area contributed by atoms with Gasteiger partial charge >= 0.3 is 0 Å². The summed E-state index contributed by atoms with van der Waals surface area (Å²) in [7, 11) is 0. The Balaban J connectivity index is 1.38. The van der Waals surface area contributed by atoms with Gasteiger partial charge in [-0.3, -0.25) is 19.7 Å².